The lowest BCUT2D eigenvalue weighted by atomic mass is 9.83. The Bertz CT molecular complexity index is 1310. The summed E-state index contributed by atoms with van der Waals surface area (Å²) < 4.78 is 24.6. The first-order valence-electron chi connectivity index (χ1n) is 17.0. The molecule has 260 valence electrons. The first-order chi connectivity index (χ1) is 21.3. The number of carbonyl (C=O) groups excluding carboxylic acids is 5. The number of urea groups is 1. The topological polar surface area (TPSA) is 171 Å². The molecule has 13 heteroatoms. The molecule has 46 heavy (non-hydrogen) atoms. The summed E-state index contributed by atoms with van der Waals surface area (Å²) in [6.45, 7) is 11.9. The highest BCUT2D eigenvalue weighted by atomic mass is 32.2. The maximum atomic E-state index is 14.3. The molecule has 3 aliphatic carbocycles. The lowest BCUT2D eigenvalue weighted by molar-refractivity contribution is -0.145. The molecule has 1 heterocycles. The van der Waals surface area contributed by atoms with E-state index in [-0.39, 0.29) is 29.0 Å². The maximum absolute atomic E-state index is 14.3. The Hall–Kier alpha value is -2.70. The van der Waals surface area contributed by atoms with E-state index in [4.69, 9.17) is 0 Å². The second kappa shape index (κ2) is 13.4. The van der Waals surface area contributed by atoms with Crippen molar-refractivity contribution >= 4 is 39.4 Å². The third-order valence-corrected chi connectivity index (χ3v) is 11.6. The summed E-state index contributed by atoms with van der Waals surface area (Å²) in [4.78, 5) is 69.1. The molecule has 4 fully saturated rings. The average Bonchev–Trinajstić information content (AvgIpc) is 3.79. The van der Waals surface area contributed by atoms with Gasteiger partial charge in [-0.2, -0.15) is 0 Å². The molecule has 5 amide bonds. The number of fused-ring (bicyclic) bond motifs is 1. The maximum Gasteiger partial charge on any atom is 0.315 e. The van der Waals surface area contributed by atoms with E-state index < -0.39 is 68.5 Å². The van der Waals surface area contributed by atoms with Gasteiger partial charge in [-0.15, -0.1) is 0 Å². The van der Waals surface area contributed by atoms with Gasteiger partial charge in [0.25, 0.3) is 5.91 Å². The molecule has 1 saturated heterocycles. The van der Waals surface area contributed by atoms with Gasteiger partial charge in [-0.05, 0) is 54.8 Å². The van der Waals surface area contributed by atoms with Gasteiger partial charge in [0, 0.05) is 18.8 Å². The Labute approximate surface area is 274 Å². The molecule has 12 nitrogen and oxygen atoms in total. The van der Waals surface area contributed by atoms with Crippen LogP contribution in [0.5, 0.6) is 0 Å². The normalized spacial score (nSPS) is 26.2. The van der Waals surface area contributed by atoms with Crippen molar-refractivity contribution < 1.29 is 32.4 Å². The number of carbonyl (C=O) groups is 5. The highest BCUT2D eigenvalue weighted by Gasteiger charge is 2.70. The highest BCUT2D eigenvalue weighted by Crippen LogP contribution is 2.65. The minimum absolute atomic E-state index is 0.00772. The number of nitrogens with zero attached hydrogens (tertiary/aromatic N) is 1. The molecule has 0 radical (unpaired) electrons. The first kappa shape index (κ1) is 36.1. The molecular formula is C33H55N5O7S. The summed E-state index contributed by atoms with van der Waals surface area (Å²) in [5.74, 6) is -2.47. The molecule has 0 aromatic rings. The second-order valence-corrected chi connectivity index (χ2v) is 18.2. The van der Waals surface area contributed by atoms with Crippen LogP contribution in [0.25, 0.3) is 0 Å². The van der Waals surface area contributed by atoms with E-state index in [0.29, 0.717) is 32.2 Å². The monoisotopic (exact) mass is 665 g/mol. The van der Waals surface area contributed by atoms with Crippen LogP contribution in [0.3, 0.4) is 0 Å². The van der Waals surface area contributed by atoms with Gasteiger partial charge in [-0.25, -0.2) is 13.2 Å². The van der Waals surface area contributed by atoms with Crippen LogP contribution >= 0.6 is 0 Å². The van der Waals surface area contributed by atoms with Gasteiger partial charge in [0.15, 0.2) is 0 Å². The number of rotatable bonds is 13. The van der Waals surface area contributed by atoms with Gasteiger partial charge >= 0.3 is 6.03 Å². The number of amides is 5. The predicted octanol–water partition coefficient (Wildman–Crippen LogP) is 2.45. The molecular weight excluding hydrogens is 610 g/mol. The van der Waals surface area contributed by atoms with Crippen molar-refractivity contribution in [3.8, 4) is 0 Å². The smallest absolute Gasteiger partial charge is 0.315 e. The molecule has 0 aromatic heterocycles. The number of hydrogen-bond donors (Lipinski definition) is 4. The number of hydrogen-bond acceptors (Lipinski definition) is 7. The van der Waals surface area contributed by atoms with Crippen LogP contribution in [-0.2, 0) is 29.0 Å². The highest BCUT2D eigenvalue weighted by molar-refractivity contribution is 7.90. The van der Waals surface area contributed by atoms with Crippen molar-refractivity contribution in [3.63, 3.8) is 0 Å². The zero-order valence-corrected chi connectivity index (χ0v) is 29.5. The van der Waals surface area contributed by atoms with Crippen LogP contribution in [0.2, 0.25) is 0 Å². The van der Waals surface area contributed by atoms with Crippen LogP contribution in [0.1, 0.15) is 106 Å². The second-order valence-electron chi connectivity index (χ2n) is 16.0. The van der Waals surface area contributed by atoms with E-state index in [2.05, 4.69) is 35.1 Å². The zero-order valence-electron chi connectivity index (χ0n) is 28.7. The Balaban J connectivity index is 1.53. The van der Waals surface area contributed by atoms with Gasteiger partial charge in [-0.3, -0.25) is 19.2 Å². The molecule has 4 rings (SSSR count). The van der Waals surface area contributed by atoms with E-state index in [1.165, 1.54) is 4.90 Å². The Kier molecular flexibility index (Phi) is 10.6. The fraction of sp³-hybridized carbons (Fsp3) is 0.848. The van der Waals surface area contributed by atoms with E-state index >= 15 is 0 Å². The Morgan fingerprint density at radius 1 is 0.978 bits per heavy atom. The summed E-state index contributed by atoms with van der Waals surface area (Å²) >= 11 is 0. The Morgan fingerprint density at radius 2 is 1.61 bits per heavy atom. The lowest BCUT2D eigenvalue weighted by Crippen LogP contribution is -2.63. The van der Waals surface area contributed by atoms with E-state index in [1.807, 2.05) is 27.7 Å². The molecule has 5 atom stereocenters. The van der Waals surface area contributed by atoms with E-state index in [9.17, 15) is 32.4 Å². The van der Waals surface area contributed by atoms with Crippen molar-refractivity contribution in [2.75, 3.05) is 18.6 Å². The Morgan fingerprint density at radius 3 is 2.15 bits per heavy atom. The van der Waals surface area contributed by atoms with Crippen molar-refractivity contribution in [2.24, 2.45) is 22.7 Å². The van der Waals surface area contributed by atoms with Gasteiger partial charge in [-0.1, -0.05) is 73.6 Å². The standard InChI is InChI=1S/C33H55N5O7S/c1-8-9-13-22(25(39)28(41)34-20-14-15-20)35-27(40)24-23-21(32(23,5)6)18-38(24)29(42)26(31(2,3)4)36-30(43)37-33(19-46(7,44)45)16-11-10-12-17-33/h20-24,26H,8-19H2,1-7H3,(H,34,41)(H,35,40)(H2,36,37,43)/t21?,22?,23?,24-,26+/m0/s1. The third kappa shape index (κ3) is 8.41. The van der Waals surface area contributed by atoms with Crippen LogP contribution < -0.4 is 21.3 Å². The summed E-state index contributed by atoms with van der Waals surface area (Å²) in [5, 5.41) is 11.4. The molecule has 3 unspecified atom stereocenters. The molecule has 0 aromatic carbocycles. The minimum atomic E-state index is -3.39. The molecule has 4 N–H and O–H groups in total. The van der Waals surface area contributed by atoms with Gasteiger partial charge in [0.2, 0.25) is 17.6 Å². The van der Waals surface area contributed by atoms with Crippen LogP contribution in [0, 0.1) is 22.7 Å². The fourth-order valence-corrected chi connectivity index (χ4v) is 9.01. The zero-order chi connectivity index (χ0) is 34.2. The molecule has 3 saturated carbocycles. The number of ketones is 1. The number of sulfone groups is 1. The van der Waals surface area contributed by atoms with Gasteiger partial charge in [0.1, 0.15) is 21.9 Å². The number of unbranched alkanes of at least 4 members (excludes halogenated alkanes) is 1. The summed E-state index contributed by atoms with van der Waals surface area (Å²) in [6, 6.07) is -3.47. The fourth-order valence-electron chi connectivity index (χ4n) is 7.65. The lowest BCUT2D eigenvalue weighted by Gasteiger charge is -2.40. The molecule has 0 spiro atoms. The quantitative estimate of drug-likeness (QED) is 0.219. The summed E-state index contributed by atoms with van der Waals surface area (Å²) in [7, 11) is -3.39. The van der Waals surface area contributed by atoms with Crippen LogP contribution in [-0.4, -0.2) is 91.1 Å². The van der Waals surface area contributed by atoms with Crippen molar-refractivity contribution in [2.45, 2.75) is 135 Å². The third-order valence-electron chi connectivity index (χ3n) is 10.5. The first-order valence-corrected chi connectivity index (χ1v) is 19.1. The van der Waals surface area contributed by atoms with Crippen molar-refractivity contribution in [1.82, 2.24) is 26.2 Å². The van der Waals surface area contributed by atoms with Crippen LogP contribution in [0.15, 0.2) is 0 Å². The number of piperidine rings is 1. The average molecular weight is 666 g/mol. The summed E-state index contributed by atoms with van der Waals surface area (Å²) in [5.41, 5.74) is -1.84. The van der Waals surface area contributed by atoms with Crippen LogP contribution in [0.4, 0.5) is 4.79 Å². The van der Waals surface area contributed by atoms with Crippen molar-refractivity contribution in [3.05, 3.63) is 0 Å². The molecule has 1 aliphatic heterocycles. The molecule has 0 bridgehead atoms. The number of Topliss-reactive ketones (excluding diaryl/α,β-unsaturated/α-hetero) is 1. The molecule has 4 aliphatic rings. The van der Waals surface area contributed by atoms with E-state index in [1.54, 1.807) is 0 Å². The van der Waals surface area contributed by atoms with Crippen molar-refractivity contribution in [1.29, 1.82) is 0 Å². The van der Waals surface area contributed by atoms with Gasteiger partial charge < -0.3 is 26.2 Å². The number of nitrogens with one attached hydrogen (secondary N) is 4. The predicted molar refractivity (Wildman–Crippen MR) is 174 cm³/mol. The minimum Gasteiger partial charge on any atom is -0.347 e. The largest absolute Gasteiger partial charge is 0.347 e. The number of likely N-dealkylation sites (tertiary alicyclic amines) is 1. The van der Waals surface area contributed by atoms with Gasteiger partial charge in [0.05, 0.1) is 17.3 Å². The van der Waals surface area contributed by atoms with E-state index in [0.717, 1.165) is 44.8 Å². The SMILES string of the molecule is CCCCC(NC(=O)[C@@H]1C2C(CN1C(=O)[C@@H](NC(=O)NC1(CS(C)(=O)=O)CCCCC1)C(C)(C)C)C2(C)C)C(=O)C(=O)NC1CC1. The summed E-state index contributed by atoms with van der Waals surface area (Å²) in [6.07, 6.45) is 8.20.